The molecule has 1 fully saturated rings. The molecule has 2 atom stereocenters. The van der Waals surface area contributed by atoms with Crippen LogP contribution in [0.15, 0.2) is 0 Å². The largest absolute Gasteiger partial charge is 0.579 e. The van der Waals surface area contributed by atoms with Gasteiger partial charge < -0.3 is 4.55 Å². The molecule has 1 aliphatic heterocycles. The molecule has 8 heavy (non-hydrogen) atoms. The van der Waals surface area contributed by atoms with Crippen molar-refractivity contribution in [2.24, 2.45) is 0 Å². The lowest BCUT2D eigenvalue weighted by atomic mass is 10.2. The molecule has 0 bridgehead atoms. The van der Waals surface area contributed by atoms with Gasteiger partial charge in [0, 0.05) is 0 Å². The summed E-state index contributed by atoms with van der Waals surface area (Å²) in [6, 6.07) is 0.413. The standard InChI is InChI=1S/C4H10N2OS/c1-2-4-3-5-8(7)6-4/h4-6H,2-3H2,1H3. The molecular weight excluding hydrogens is 124 g/mol. The Morgan fingerprint density at radius 2 is 2.62 bits per heavy atom. The second kappa shape index (κ2) is 2.68. The molecule has 1 aliphatic rings. The maximum Gasteiger partial charge on any atom is 0.135 e. The minimum absolute atomic E-state index is 0.413. The average molecular weight is 134 g/mol. The Bertz CT molecular complexity index is 80.4. The Morgan fingerprint density at radius 1 is 1.88 bits per heavy atom. The van der Waals surface area contributed by atoms with Crippen LogP contribution < -0.4 is 9.44 Å². The second-order valence-corrected chi connectivity index (χ2v) is 2.90. The number of rotatable bonds is 1. The molecule has 0 aliphatic carbocycles. The minimum Gasteiger partial charge on any atom is -0.579 e. The smallest absolute Gasteiger partial charge is 0.135 e. The van der Waals surface area contributed by atoms with E-state index < -0.39 is 11.5 Å². The van der Waals surface area contributed by atoms with Crippen LogP contribution in [0.2, 0.25) is 0 Å². The summed E-state index contributed by atoms with van der Waals surface area (Å²) in [5, 5.41) is 0. The van der Waals surface area contributed by atoms with Crippen LogP contribution in [0.25, 0.3) is 0 Å². The van der Waals surface area contributed by atoms with Crippen molar-refractivity contribution in [3.8, 4) is 0 Å². The summed E-state index contributed by atoms with van der Waals surface area (Å²) in [4.78, 5) is 0. The normalized spacial score (nSPS) is 38.2. The number of nitrogens with one attached hydrogen (secondary N) is 2. The van der Waals surface area contributed by atoms with E-state index in [0.717, 1.165) is 13.0 Å². The molecule has 0 aromatic carbocycles. The quantitative estimate of drug-likeness (QED) is 0.477. The SMILES string of the molecule is CCC1CN[S+]([O-])N1. The third-order valence-electron chi connectivity index (χ3n) is 1.23. The lowest BCUT2D eigenvalue weighted by Crippen LogP contribution is -2.26. The summed E-state index contributed by atoms with van der Waals surface area (Å²) in [7, 11) is 0. The van der Waals surface area contributed by atoms with Gasteiger partial charge in [-0.25, -0.2) is 0 Å². The molecule has 3 nitrogen and oxygen atoms in total. The fourth-order valence-corrected chi connectivity index (χ4v) is 1.63. The average Bonchev–Trinajstić information content (AvgIpc) is 2.14. The number of hydrogen-bond donors (Lipinski definition) is 2. The second-order valence-electron chi connectivity index (χ2n) is 1.84. The van der Waals surface area contributed by atoms with Gasteiger partial charge in [0.05, 0.1) is 12.6 Å². The zero-order chi connectivity index (χ0) is 5.98. The van der Waals surface area contributed by atoms with Crippen molar-refractivity contribution in [1.82, 2.24) is 9.44 Å². The Morgan fingerprint density at radius 3 is 2.88 bits per heavy atom. The summed E-state index contributed by atoms with van der Waals surface area (Å²) in [6.45, 7) is 2.91. The first-order valence-electron chi connectivity index (χ1n) is 2.74. The molecule has 48 valence electrons. The van der Waals surface area contributed by atoms with E-state index in [1.165, 1.54) is 0 Å². The van der Waals surface area contributed by atoms with Gasteiger partial charge in [-0.05, 0) is 6.42 Å². The van der Waals surface area contributed by atoms with E-state index in [4.69, 9.17) is 0 Å². The predicted molar refractivity (Wildman–Crippen MR) is 33.4 cm³/mol. The summed E-state index contributed by atoms with van der Waals surface area (Å²) in [5.41, 5.74) is 0. The van der Waals surface area contributed by atoms with E-state index >= 15 is 0 Å². The lowest BCUT2D eigenvalue weighted by molar-refractivity contribution is 0.578. The first-order valence-corrected chi connectivity index (χ1v) is 3.89. The van der Waals surface area contributed by atoms with Crippen LogP contribution in [0.3, 0.4) is 0 Å². The van der Waals surface area contributed by atoms with Crippen molar-refractivity contribution in [2.75, 3.05) is 6.54 Å². The molecule has 0 radical (unpaired) electrons. The highest BCUT2D eigenvalue weighted by atomic mass is 32.2. The van der Waals surface area contributed by atoms with E-state index in [9.17, 15) is 4.55 Å². The minimum atomic E-state index is -0.953. The van der Waals surface area contributed by atoms with E-state index in [-0.39, 0.29) is 0 Å². The fraction of sp³-hybridized carbons (Fsp3) is 1.00. The van der Waals surface area contributed by atoms with Crippen LogP contribution in [0, 0.1) is 0 Å². The van der Waals surface area contributed by atoms with Gasteiger partial charge in [-0.3, -0.25) is 0 Å². The molecule has 0 amide bonds. The maximum atomic E-state index is 10.5. The first kappa shape index (κ1) is 6.35. The van der Waals surface area contributed by atoms with Crippen molar-refractivity contribution >= 4 is 11.5 Å². The highest BCUT2D eigenvalue weighted by molar-refractivity contribution is 7.87. The predicted octanol–water partition coefficient (Wildman–Crippen LogP) is -0.463. The molecule has 2 N–H and O–H groups in total. The summed E-state index contributed by atoms with van der Waals surface area (Å²) >= 11 is -0.953. The maximum absolute atomic E-state index is 10.5. The zero-order valence-electron chi connectivity index (χ0n) is 4.81. The topological polar surface area (TPSA) is 47.1 Å². The van der Waals surface area contributed by atoms with Gasteiger partial charge in [0.1, 0.15) is 11.5 Å². The Hall–Kier alpha value is 0.230. The molecule has 1 saturated heterocycles. The van der Waals surface area contributed by atoms with Crippen molar-refractivity contribution < 1.29 is 4.55 Å². The van der Waals surface area contributed by atoms with Crippen molar-refractivity contribution in [3.63, 3.8) is 0 Å². The summed E-state index contributed by atoms with van der Waals surface area (Å²) in [5.74, 6) is 0. The molecule has 4 heteroatoms. The third kappa shape index (κ3) is 1.35. The molecule has 1 rings (SSSR count). The zero-order valence-corrected chi connectivity index (χ0v) is 5.62. The van der Waals surface area contributed by atoms with Crippen LogP contribution in [0.4, 0.5) is 0 Å². The van der Waals surface area contributed by atoms with Gasteiger partial charge in [0.25, 0.3) is 0 Å². The molecular formula is C4H10N2OS. The Balaban J connectivity index is 2.22. The van der Waals surface area contributed by atoms with Crippen molar-refractivity contribution in [3.05, 3.63) is 0 Å². The van der Waals surface area contributed by atoms with Gasteiger partial charge in [0.2, 0.25) is 0 Å². The van der Waals surface area contributed by atoms with E-state index in [2.05, 4.69) is 16.4 Å². The van der Waals surface area contributed by atoms with Crippen LogP contribution >= 0.6 is 0 Å². The van der Waals surface area contributed by atoms with Gasteiger partial charge in [-0.1, -0.05) is 6.92 Å². The monoisotopic (exact) mass is 134 g/mol. The van der Waals surface area contributed by atoms with Crippen molar-refractivity contribution in [1.29, 1.82) is 0 Å². The third-order valence-corrected chi connectivity index (χ3v) is 2.20. The van der Waals surface area contributed by atoms with Crippen LogP contribution in [0.1, 0.15) is 13.3 Å². The van der Waals surface area contributed by atoms with Crippen LogP contribution in [-0.2, 0) is 11.5 Å². The molecule has 1 heterocycles. The van der Waals surface area contributed by atoms with E-state index in [0.29, 0.717) is 6.04 Å². The molecule has 2 unspecified atom stereocenters. The Kier molecular flexibility index (Phi) is 2.13. The highest BCUT2D eigenvalue weighted by Crippen LogP contribution is 1.98. The van der Waals surface area contributed by atoms with Crippen LogP contribution in [0.5, 0.6) is 0 Å². The van der Waals surface area contributed by atoms with Crippen LogP contribution in [-0.4, -0.2) is 17.1 Å². The Labute approximate surface area is 52.3 Å². The van der Waals surface area contributed by atoms with Gasteiger partial charge in [-0.2, -0.15) is 0 Å². The fourth-order valence-electron chi connectivity index (χ4n) is 0.639. The molecule has 0 saturated carbocycles. The van der Waals surface area contributed by atoms with Gasteiger partial charge in [0.15, 0.2) is 0 Å². The highest BCUT2D eigenvalue weighted by Gasteiger charge is 2.22. The van der Waals surface area contributed by atoms with Gasteiger partial charge >= 0.3 is 0 Å². The first-order chi connectivity index (χ1) is 3.83. The molecule has 0 aromatic heterocycles. The van der Waals surface area contributed by atoms with E-state index in [1.54, 1.807) is 0 Å². The summed E-state index contributed by atoms with van der Waals surface area (Å²) < 4.78 is 16.1. The van der Waals surface area contributed by atoms with Gasteiger partial charge in [-0.15, -0.1) is 9.44 Å². The van der Waals surface area contributed by atoms with E-state index in [1.807, 2.05) is 0 Å². The summed E-state index contributed by atoms with van der Waals surface area (Å²) in [6.07, 6.45) is 1.04. The van der Waals surface area contributed by atoms with Crippen molar-refractivity contribution in [2.45, 2.75) is 19.4 Å². The molecule has 0 spiro atoms. The number of hydrogen-bond acceptors (Lipinski definition) is 3. The lowest BCUT2D eigenvalue weighted by Gasteiger charge is -2.00. The molecule has 0 aromatic rings.